The molecule has 4 nitrogen and oxygen atoms in total. The van der Waals surface area contributed by atoms with Crippen LogP contribution in [-0.2, 0) is 5.75 Å². The lowest BCUT2D eigenvalue weighted by Crippen LogP contribution is -2.15. The molecule has 0 aromatic carbocycles. The van der Waals surface area contributed by atoms with E-state index >= 15 is 0 Å². The van der Waals surface area contributed by atoms with Gasteiger partial charge in [0.15, 0.2) is 0 Å². The van der Waals surface area contributed by atoms with Crippen molar-refractivity contribution in [3.63, 3.8) is 0 Å². The Hall–Kier alpha value is -1.56. The molecule has 0 spiro atoms. The molecule has 0 radical (unpaired) electrons. The Morgan fingerprint density at radius 1 is 1.24 bits per heavy atom. The molecule has 0 aliphatic carbocycles. The standard InChI is InChI=1S/C14H9Cl2N3OS/c15-9-3-4-12-18-10(6-13(20)19(12)7-9)8-21-14-11(16)2-1-5-17-14/h1-7H,8H2. The molecule has 0 fully saturated rings. The van der Waals surface area contributed by atoms with Crippen LogP contribution in [0.3, 0.4) is 0 Å². The predicted octanol–water partition coefficient (Wildman–Crippen LogP) is 3.69. The average molecular weight is 338 g/mol. The van der Waals surface area contributed by atoms with Crippen molar-refractivity contribution in [1.29, 1.82) is 0 Å². The highest BCUT2D eigenvalue weighted by molar-refractivity contribution is 7.98. The lowest BCUT2D eigenvalue weighted by molar-refractivity contribution is 1.01. The Balaban J connectivity index is 1.90. The summed E-state index contributed by atoms with van der Waals surface area (Å²) in [5.74, 6) is 0.519. The number of nitrogens with zero attached hydrogens (tertiary/aromatic N) is 3. The number of thioether (sulfide) groups is 1. The predicted molar refractivity (Wildman–Crippen MR) is 85.3 cm³/mol. The second-order valence-electron chi connectivity index (χ2n) is 4.24. The van der Waals surface area contributed by atoms with Gasteiger partial charge >= 0.3 is 0 Å². The zero-order valence-corrected chi connectivity index (χ0v) is 13.0. The Bertz CT molecular complexity index is 866. The van der Waals surface area contributed by atoms with Crippen molar-refractivity contribution in [3.05, 3.63) is 68.8 Å². The fourth-order valence-corrected chi connectivity index (χ4v) is 3.04. The van der Waals surface area contributed by atoms with Crippen molar-refractivity contribution in [3.8, 4) is 0 Å². The highest BCUT2D eigenvalue weighted by Crippen LogP contribution is 2.26. The van der Waals surface area contributed by atoms with Crippen LogP contribution in [-0.4, -0.2) is 14.4 Å². The second kappa shape index (κ2) is 6.05. The van der Waals surface area contributed by atoms with E-state index in [0.29, 0.717) is 27.1 Å². The van der Waals surface area contributed by atoms with Gasteiger partial charge < -0.3 is 0 Å². The molecule has 3 aromatic rings. The summed E-state index contributed by atoms with van der Waals surface area (Å²) in [7, 11) is 0. The third-order valence-electron chi connectivity index (χ3n) is 2.76. The first kappa shape index (κ1) is 14.4. The van der Waals surface area contributed by atoms with Crippen molar-refractivity contribution < 1.29 is 0 Å². The minimum Gasteiger partial charge on any atom is -0.269 e. The summed E-state index contributed by atoms with van der Waals surface area (Å²) in [6, 6.07) is 8.47. The summed E-state index contributed by atoms with van der Waals surface area (Å²) in [6.07, 6.45) is 3.23. The van der Waals surface area contributed by atoms with Crippen LogP contribution in [0.2, 0.25) is 10.0 Å². The monoisotopic (exact) mass is 337 g/mol. The number of hydrogen-bond acceptors (Lipinski definition) is 4. The first-order valence-corrected chi connectivity index (χ1v) is 7.79. The molecule has 0 bridgehead atoms. The fourth-order valence-electron chi connectivity index (χ4n) is 1.82. The van der Waals surface area contributed by atoms with E-state index in [2.05, 4.69) is 9.97 Å². The van der Waals surface area contributed by atoms with Gasteiger partial charge in [-0.05, 0) is 24.3 Å². The highest BCUT2D eigenvalue weighted by atomic mass is 35.5. The van der Waals surface area contributed by atoms with Gasteiger partial charge in [-0.25, -0.2) is 9.97 Å². The molecule has 0 amide bonds. The molecule has 0 aliphatic rings. The number of aromatic nitrogens is 3. The van der Waals surface area contributed by atoms with E-state index < -0.39 is 0 Å². The van der Waals surface area contributed by atoms with E-state index in [9.17, 15) is 4.79 Å². The Labute approximate surface area is 134 Å². The van der Waals surface area contributed by atoms with E-state index in [0.717, 1.165) is 5.03 Å². The van der Waals surface area contributed by atoms with Gasteiger partial charge in [-0.2, -0.15) is 0 Å². The smallest absolute Gasteiger partial charge is 0.258 e. The van der Waals surface area contributed by atoms with E-state index in [-0.39, 0.29) is 5.56 Å². The first-order valence-electron chi connectivity index (χ1n) is 6.04. The van der Waals surface area contributed by atoms with E-state index in [1.807, 2.05) is 0 Å². The van der Waals surface area contributed by atoms with Crippen molar-refractivity contribution in [1.82, 2.24) is 14.4 Å². The summed E-state index contributed by atoms with van der Waals surface area (Å²) in [5, 5.41) is 1.80. The normalized spacial score (nSPS) is 11.0. The highest BCUT2D eigenvalue weighted by Gasteiger charge is 2.06. The van der Waals surface area contributed by atoms with Crippen LogP contribution in [0.25, 0.3) is 5.65 Å². The molecule has 0 saturated heterocycles. The summed E-state index contributed by atoms with van der Waals surface area (Å²) < 4.78 is 1.42. The van der Waals surface area contributed by atoms with E-state index in [1.165, 1.54) is 22.2 Å². The molecule has 0 atom stereocenters. The minimum atomic E-state index is -0.162. The Kier molecular flexibility index (Phi) is 4.14. The summed E-state index contributed by atoms with van der Waals surface area (Å²) in [6.45, 7) is 0. The number of pyridine rings is 2. The average Bonchev–Trinajstić information content (AvgIpc) is 2.47. The molecule has 0 aliphatic heterocycles. The van der Waals surface area contributed by atoms with E-state index in [4.69, 9.17) is 23.2 Å². The molecule has 3 rings (SSSR count). The summed E-state index contributed by atoms with van der Waals surface area (Å²) in [4.78, 5) is 20.7. The zero-order valence-electron chi connectivity index (χ0n) is 10.7. The summed E-state index contributed by atoms with van der Waals surface area (Å²) in [5.41, 5.74) is 1.08. The third kappa shape index (κ3) is 3.20. The number of halogens is 2. The first-order chi connectivity index (χ1) is 10.1. The van der Waals surface area contributed by atoms with Crippen molar-refractivity contribution in [2.45, 2.75) is 10.8 Å². The lowest BCUT2D eigenvalue weighted by atomic mass is 10.4. The molecular weight excluding hydrogens is 329 g/mol. The molecule has 21 heavy (non-hydrogen) atoms. The molecule has 3 heterocycles. The van der Waals surface area contributed by atoms with Gasteiger partial charge in [-0.15, -0.1) is 0 Å². The van der Waals surface area contributed by atoms with Crippen LogP contribution in [0.15, 0.2) is 52.5 Å². The van der Waals surface area contributed by atoms with Gasteiger partial charge in [0.2, 0.25) is 0 Å². The van der Waals surface area contributed by atoms with Crippen LogP contribution >= 0.6 is 35.0 Å². The molecule has 3 aromatic heterocycles. The van der Waals surface area contributed by atoms with Crippen LogP contribution in [0.4, 0.5) is 0 Å². The maximum atomic E-state index is 12.0. The molecule has 0 unspecified atom stereocenters. The minimum absolute atomic E-state index is 0.162. The van der Waals surface area contributed by atoms with Gasteiger partial charge in [-0.1, -0.05) is 35.0 Å². The van der Waals surface area contributed by atoms with Gasteiger partial charge in [0.25, 0.3) is 5.56 Å². The van der Waals surface area contributed by atoms with Gasteiger partial charge in [0.05, 0.1) is 15.7 Å². The quantitative estimate of drug-likeness (QED) is 0.684. The van der Waals surface area contributed by atoms with Crippen molar-refractivity contribution >= 4 is 40.6 Å². The van der Waals surface area contributed by atoms with Crippen LogP contribution in [0, 0.1) is 0 Å². The molecular formula is C14H9Cl2N3OS. The topological polar surface area (TPSA) is 47.3 Å². The van der Waals surface area contributed by atoms with Gasteiger partial charge in [-0.3, -0.25) is 9.20 Å². The molecule has 7 heteroatoms. The SMILES string of the molecule is O=c1cc(CSc2ncccc2Cl)nc2ccc(Cl)cn12. The Morgan fingerprint density at radius 3 is 2.90 bits per heavy atom. The van der Waals surface area contributed by atoms with Crippen LogP contribution in [0.1, 0.15) is 5.69 Å². The number of fused-ring (bicyclic) bond motifs is 1. The molecule has 0 N–H and O–H groups in total. The van der Waals surface area contributed by atoms with Gasteiger partial charge in [0.1, 0.15) is 10.7 Å². The molecule has 106 valence electrons. The van der Waals surface area contributed by atoms with Crippen LogP contribution < -0.4 is 5.56 Å². The Morgan fingerprint density at radius 2 is 2.10 bits per heavy atom. The van der Waals surface area contributed by atoms with Crippen LogP contribution in [0.5, 0.6) is 0 Å². The fraction of sp³-hybridized carbons (Fsp3) is 0.0714. The second-order valence-corrected chi connectivity index (χ2v) is 6.05. The van der Waals surface area contributed by atoms with Crippen molar-refractivity contribution in [2.24, 2.45) is 0 Å². The van der Waals surface area contributed by atoms with Gasteiger partial charge in [0, 0.05) is 24.2 Å². The zero-order chi connectivity index (χ0) is 14.8. The maximum absolute atomic E-state index is 12.0. The third-order valence-corrected chi connectivity index (χ3v) is 4.44. The largest absolute Gasteiger partial charge is 0.269 e. The number of rotatable bonds is 3. The lowest BCUT2D eigenvalue weighted by Gasteiger charge is -2.05. The summed E-state index contributed by atoms with van der Waals surface area (Å²) >= 11 is 13.4. The van der Waals surface area contributed by atoms with Crippen molar-refractivity contribution in [2.75, 3.05) is 0 Å². The maximum Gasteiger partial charge on any atom is 0.258 e. The molecule has 0 saturated carbocycles. The van der Waals surface area contributed by atoms with E-state index in [1.54, 1.807) is 36.7 Å². The number of hydrogen-bond donors (Lipinski definition) is 0.